The molecule has 40 heavy (non-hydrogen) atoms. The highest BCUT2D eigenvalue weighted by Gasteiger charge is 2.48. The second-order valence-electron chi connectivity index (χ2n) is 9.20. The third-order valence-corrected chi connectivity index (χ3v) is 6.05. The molecule has 1 aliphatic heterocycles. The average Bonchev–Trinajstić information content (AvgIpc) is 3.21. The standard InChI is InChI=1S/C25H18F7N5O3/c1-24(40-25(30,31)32)11-36(12-24)22-8-21(19(29)9-33-22)39-20-6-5-14(7-18(20)28)37-23(38)35(13-34-37)10-15-16(26)3-2-4-17(15)27/h2-9,13H,10-12H2,1H3. The van der Waals surface area contributed by atoms with Crippen molar-refractivity contribution in [2.75, 3.05) is 18.0 Å². The molecule has 3 heterocycles. The van der Waals surface area contributed by atoms with Crippen molar-refractivity contribution in [3.8, 4) is 17.2 Å². The van der Waals surface area contributed by atoms with Crippen molar-refractivity contribution < 1.29 is 40.2 Å². The Morgan fingerprint density at radius 3 is 2.30 bits per heavy atom. The zero-order chi connectivity index (χ0) is 28.8. The van der Waals surface area contributed by atoms with Gasteiger partial charge >= 0.3 is 12.1 Å². The van der Waals surface area contributed by atoms with Gasteiger partial charge in [0.1, 0.15) is 29.4 Å². The lowest BCUT2D eigenvalue weighted by Gasteiger charge is -2.48. The number of hydrogen-bond acceptors (Lipinski definition) is 6. The maximum Gasteiger partial charge on any atom is 0.523 e. The first-order valence-corrected chi connectivity index (χ1v) is 11.5. The van der Waals surface area contributed by atoms with Crippen LogP contribution in [0.5, 0.6) is 11.5 Å². The maximum atomic E-state index is 14.9. The number of hydrogen-bond donors (Lipinski definition) is 0. The van der Waals surface area contributed by atoms with Crippen LogP contribution in [0.15, 0.2) is 59.8 Å². The van der Waals surface area contributed by atoms with Gasteiger partial charge in [-0.3, -0.25) is 9.30 Å². The molecule has 2 aromatic heterocycles. The normalized spacial score (nSPS) is 14.8. The molecule has 2 aromatic carbocycles. The number of benzene rings is 2. The van der Waals surface area contributed by atoms with Gasteiger partial charge in [-0.05, 0) is 31.2 Å². The number of nitrogens with zero attached hydrogens (tertiary/aromatic N) is 5. The first-order valence-electron chi connectivity index (χ1n) is 11.5. The van der Waals surface area contributed by atoms with Crippen LogP contribution in [0.1, 0.15) is 12.5 Å². The van der Waals surface area contributed by atoms with E-state index in [0.717, 1.165) is 52.1 Å². The summed E-state index contributed by atoms with van der Waals surface area (Å²) in [6.07, 6.45) is -3.01. The Labute approximate surface area is 220 Å². The minimum absolute atomic E-state index is 0.0528. The molecule has 0 aliphatic carbocycles. The van der Waals surface area contributed by atoms with E-state index >= 15 is 0 Å². The summed E-state index contributed by atoms with van der Waals surface area (Å²) >= 11 is 0. The van der Waals surface area contributed by atoms with E-state index in [1.165, 1.54) is 24.0 Å². The molecular weight excluding hydrogens is 551 g/mol. The third kappa shape index (κ3) is 5.50. The second kappa shape index (κ2) is 9.97. The molecule has 210 valence electrons. The lowest BCUT2D eigenvalue weighted by atomic mass is 9.96. The van der Waals surface area contributed by atoms with E-state index < -0.39 is 59.0 Å². The molecule has 15 heteroatoms. The van der Waals surface area contributed by atoms with Crippen molar-refractivity contribution in [3.05, 3.63) is 94.3 Å². The van der Waals surface area contributed by atoms with Crippen LogP contribution in [0, 0.1) is 23.3 Å². The summed E-state index contributed by atoms with van der Waals surface area (Å²) in [7, 11) is 0. The maximum absolute atomic E-state index is 14.9. The van der Waals surface area contributed by atoms with Gasteiger partial charge in [-0.25, -0.2) is 27.3 Å². The van der Waals surface area contributed by atoms with Crippen molar-refractivity contribution in [3.63, 3.8) is 0 Å². The van der Waals surface area contributed by atoms with Crippen molar-refractivity contribution in [1.29, 1.82) is 0 Å². The van der Waals surface area contributed by atoms with Crippen LogP contribution >= 0.6 is 0 Å². The summed E-state index contributed by atoms with van der Waals surface area (Å²) in [5.74, 6) is -4.47. The van der Waals surface area contributed by atoms with E-state index in [1.54, 1.807) is 0 Å². The van der Waals surface area contributed by atoms with E-state index in [-0.39, 0.29) is 30.2 Å². The quantitative estimate of drug-likeness (QED) is 0.294. The van der Waals surface area contributed by atoms with Gasteiger partial charge in [0.25, 0.3) is 0 Å². The average molecular weight is 569 g/mol. The first kappa shape index (κ1) is 27.2. The van der Waals surface area contributed by atoms with E-state index in [2.05, 4.69) is 14.8 Å². The van der Waals surface area contributed by atoms with E-state index in [9.17, 15) is 35.5 Å². The monoisotopic (exact) mass is 569 g/mol. The number of pyridine rings is 1. The topological polar surface area (TPSA) is 74.4 Å². The minimum atomic E-state index is -4.82. The molecule has 1 aliphatic rings. The van der Waals surface area contributed by atoms with Gasteiger partial charge in [0.2, 0.25) is 0 Å². The molecule has 8 nitrogen and oxygen atoms in total. The number of alkyl halides is 3. The van der Waals surface area contributed by atoms with Gasteiger partial charge in [-0.1, -0.05) is 6.07 Å². The summed E-state index contributed by atoms with van der Waals surface area (Å²) in [4.78, 5) is 18.0. The fraction of sp³-hybridized carbons (Fsp3) is 0.240. The molecule has 0 radical (unpaired) electrons. The van der Waals surface area contributed by atoms with Gasteiger partial charge in [-0.15, -0.1) is 13.2 Å². The zero-order valence-electron chi connectivity index (χ0n) is 20.4. The Morgan fingerprint density at radius 2 is 1.65 bits per heavy atom. The van der Waals surface area contributed by atoms with Crippen molar-refractivity contribution in [2.45, 2.75) is 25.4 Å². The predicted molar refractivity (Wildman–Crippen MR) is 125 cm³/mol. The number of aromatic nitrogens is 4. The van der Waals surface area contributed by atoms with Crippen molar-refractivity contribution in [2.24, 2.45) is 0 Å². The van der Waals surface area contributed by atoms with Crippen LogP contribution in [0.25, 0.3) is 5.69 Å². The molecule has 0 atom stereocenters. The van der Waals surface area contributed by atoms with Crippen LogP contribution < -0.4 is 15.3 Å². The molecule has 1 saturated heterocycles. The fourth-order valence-corrected chi connectivity index (χ4v) is 4.22. The number of halogens is 7. The van der Waals surface area contributed by atoms with Gasteiger partial charge in [0.15, 0.2) is 23.1 Å². The second-order valence-corrected chi connectivity index (χ2v) is 9.20. The van der Waals surface area contributed by atoms with Gasteiger partial charge < -0.3 is 9.64 Å². The molecule has 0 amide bonds. The number of anilines is 1. The SMILES string of the molecule is CC1(OC(F)(F)F)CN(c2cc(Oc3ccc(-n4ncn(Cc5c(F)cccc5F)c4=O)cc3F)c(F)cn2)C1. The summed E-state index contributed by atoms with van der Waals surface area (Å²) in [6.45, 7) is 0.446. The van der Waals surface area contributed by atoms with Crippen LogP contribution in [0.4, 0.5) is 36.6 Å². The van der Waals surface area contributed by atoms with Crippen molar-refractivity contribution in [1.82, 2.24) is 19.3 Å². The highest BCUT2D eigenvalue weighted by molar-refractivity contribution is 5.49. The highest BCUT2D eigenvalue weighted by Crippen LogP contribution is 2.37. The van der Waals surface area contributed by atoms with Gasteiger partial charge in [0.05, 0.1) is 31.5 Å². The highest BCUT2D eigenvalue weighted by atomic mass is 19.4. The van der Waals surface area contributed by atoms with E-state index in [0.29, 0.717) is 0 Å². The molecule has 0 bridgehead atoms. The summed E-state index contributed by atoms with van der Waals surface area (Å²) in [6, 6.07) is 7.59. The van der Waals surface area contributed by atoms with Crippen LogP contribution in [0.3, 0.4) is 0 Å². The number of rotatable bonds is 7. The predicted octanol–water partition coefficient (Wildman–Crippen LogP) is 4.94. The van der Waals surface area contributed by atoms with E-state index in [4.69, 9.17) is 4.74 Å². The van der Waals surface area contributed by atoms with Crippen molar-refractivity contribution >= 4 is 5.82 Å². The molecule has 1 fully saturated rings. The largest absolute Gasteiger partial charge is 0.523 e. The molecule has 0 N–H and O–H groups in total. The lowest BCUT2D eigenvalue weighted by Crippen LogP contribution is -2.63. The van der Waals surface area contributed by atoms with E-state index in [1.807, 2.05) is 0 Å². The fourth-order valence-electron chi connectivity index (χ4n) is 4.22. The zero-order valence-corrected chi connectivity index (χ0v) is 20.4. The molecule has 4 aromatic rings. The van der Waals surface area contributed by atoms with Gasteiger partial charge in [0, 0.05) is 17.7 Å². The Morgan fingerprint density at radius 1 is 0.950 bits per heavy atom. The summed E-state index contributed by atoms with van der Waals surface area (Å²) in [5, 5.41) is 3.85. The van der Waals surface area contributed by atoms with Gasteiger partial charge in [-0.2, -0.15) is 9.78 Å². The molecule has 0 unspecified atom stereocenters. The molecule has 0 saturated carbocycles. The molecular formula is C25H18F7N5O3. The molecule has 0 spiro atoms. The smallest absolute Gasteiger partial charge is 0.451 e. The summed E-state index contributed by atoms with van der Waals surface area (Å²) in [5.41, 5.74) is -2.72. The minimum Gasteiger partial charge on any atom is -0.451 e. The lowest BCUT2D eigenvalue weighted by molar-refractivity contribution is -0.367. The van der Waals surface area contributed by atoms with Crippen LogP contribution in [0.2, 0.25) is 0 Å². The third-order valence-electron chi connectivity index (χ3n) is 6.05. The van der Waals surface area contributed by atoms with Crippen LogP contribution in [-0.2, 0) is 11.3 Å². The van der Waals surface area contributed by atoms with Crippen LogP contribution in [-0.4, -0.2) is 44.4 Å². The Hall–Kier alpha value is -4.40. The summed E-state index contributed by atoms with van der Waals surface area (Å²) < 4.78 is 106. The Kier molecular flexibility index (Phi) is 6.77. The Balaban J connectivity index is 1.32. The Bertz CT molecular complexity index is 1610. The molecule has 5 rings (SSSR count). The first-order chi connectivity index (χ1) is 18.8. The number of ether oxygens (including phenoxy) is 2.